The van der Waals surface area contributed by atoms with E-state index in [-0.39, 0.29) is 11.3 Å². The Morgan fingerprint density at radius 3 is 2.59 bits per heavy atom. The predicted octanol–water partition coefficient (Wildman–Crippen LogP) is 1.61. The summed E-state index contributed by atoms with van der Waals surface area (Å²) in [7, 11) is 1.44. The summed E-state index contributed by atoms with van der Waals surface area (Å²) in [5, 5.41) is 20.7. The molecule has 0 saturated heterocycles. The summed E-state index contributed by atoms with van der Waals surface area (Å²) in [6.07, 6.45) is 0. The maximum absolute atomic E-state index is 11.4. The van der Waals surface area contributed by atoms with Crippen LogP contribution in [-0.2, 0) is 0 Å². The van der Waals surface area contributed by atoms with Gasteiger partial charge in [0.05, 0.1) is 0 Å². The first-order valence-corrected chi connectivity index (χ1v) is 8.04. The van der Waals surface area contributed by atoms with Crippen molar-refractivity contribution in [1.29, 1.82) is 0 Å². The second kappa shape index (κ2) is 6.79. The number of ether oxygens (including phenoxy) is 1. The molecule has 8 heteroatoms. The van der Waals surface area contributed by atoms with Crippen LogP contribution < -0.4 is 13.7 Å². The van der Waals surface area contributed by atoms with Gasteiger partial charge in [0.15, 0.2) is 0 Å². The average Bonchev–Trinajstić information content (AvgIpc) is 2.47. The Hall–Kier alpha value is -2.08. The minimum absolute atomic E-state index is 0.0635. The van der Waals surface area contributed by atoms with Gasteiger partial charge in [-0.25, -0.2) is 0 Å². The van der Waals surface area contributed by atoms with E-state index >= 15 is 0 Å². The van der Waals surface area contributed by atoms with Crippen molar-refractivity contribution in [3.63, 3.8) is 0 Å². The van der Waals surface area contributed by atoms with Crippen LogP contribution in [0.4, 0.5) is 5.69 Å². The molecule has 0 spiro atoms. The van der Waals surface area contributed by atoms with Crippen LogP contribution in [0.25, 0.3) is 0 Å². The van der Waals surface area contributed by atoms with Crippen molar-refractivity contribution in [3.05, 3.63) is 57.1 Å². The Bertz CT molecular complexity index is 750. The molecule has 0 aliphatic rings. The number of carbonyl (C=O) groups is 1. The summed E-state index contributed by atoms with van der Waals surface area (Å²) in [5.74, 6) is -0.696. The van der Waals surface area contributed by atoms with E-state index in [2.05, 4.69) is 0 Å². The van der Waals surface area contributed by atoms with Crippen molar-refractivity contribution in [2.24, 2.45) is 0 Å². The van der Waals surface area contributed by atoms with Gasteiger partial charge in [-0.1, -0.05) is 0 Å². The maximum atomic E-state index is 11.4. The summed E-state index contributed by atoms with van der Waals surface area (Å²) in [5.41, 5.74) is -0.00909. The van der Waals surface area contributed by atoms with Gasteiger partial charge in [-0.3, -0.25) is 0 Å². The molecular formula is C14H10ClNO5Se. The number of nitro groups is 1. The minimum atomic E-state index is -1.11. The van der Waals surface area contributed by atoms with Crippen LogP contribution >= 0.6 is 11.6 Å². The molecule has 0 aromatic heterocycles. The average molecular weight is 387 g/mol. The summed E-state index contributed by atoms with van der Waals surface area (Å²) in [6, 6.07) is 8.88. The van der Waals surface area contributed by atoms with Gasteiger partial charge in [-0.2, -0.15) is 0 Å². The third-order valence-electron chi connectivity index (χ3n) is 2.76. The fourth-order valence-corrected chi connectivity index (χ4v) is 4.28. The van der Waals surface area contributed by atoms with E-state index < -0.39 is 25.8 Å². The third kappa shape index (κ3) is 3.57. The van der Waals surface area contributed by atoms with Gasteiger partial charge in [0.1, 0.15) is 0 Å². The van der Waals surface area contributed by atoms with Crippen molar-refractivity contribution in [2.75, 3.05) is 7.11 Å². The Labute approximate surface area is 137 Å². The number of carboxylic acid groups (broad SMARTS) is 1. The van der Waals surface area contributed by atoms with E-state index in [9.17, 15) is 20.0 Å². The number of nitro benzene ring substituents is 1. The number of nitrogens with zero attached hydrogens (tertiary/aromatic N) is 1. The molecule has 114 valence electrons. The first kappa shape index (κ1) is 16.3. The van der Waals surface area contributed by atoms with Gasteiger partial charge in [-0.15, -0.1) is 0 Å². The zero-order valence-electron chi connectivity index (χ0n) is 11.3. The summed E-state index contributed by atoms with van der Waals surface area (Å²) >= 11 is 5.31. The zero-order valence-corrected chi connectivity index (χ0v) is 13.7. The first-order valence-electron chi connectivity index (χ1n) is 5.95. The molecule has 2 aromatic rings. The molecule has 0 unspecified atom stereocenters. The predicted molar refractivity (Wildman–Crippen MR) is 83.1 cm³/mol. The first-order chi connectivity index (χ1) is 10.4. The van der Waals surface area contributed by atoms with E-state index in [0.717, 1.165) is 0 Å². The fraction of sp³-hybridized carbons (Fsp3) is 0.0714. The third-order valence-corrected chi connectivity index (χ3v) is 5.35. The van der Waals surface area contributed by atoms with Crippen LogP contribution in [0.3, 0.4) is 0 Å². The molecule has 0 aliphatic carbocycles. The van der Waals surface area contributed by atoms with Gasteiger partial charge >= 0.3 is 137 Å². The van der Waals surface area contributed by atoms with Gasteiger partial charge < -0.3 is 0 Å². The molecule has 0 amide bonds. The van der Waals surface area contributed by atoms with Crippen molar-refractivity contribution in [3.8, 4) is 5.75 Å². The molecule has 22 heavy (non-hydrogen) atoms. The monoisotopic (exact) mass is 387 g/mol. The molecule has 0 radical (unpaired) electrons. The van der Waals surface area contributed by atoms with Gasteiger partial charge in [-0.05, 0) is 0 Å². The van der Waals surface area contributed by atoms with Gasteiger partial charge in [0.25, 0.3) is 0 Å². The van der Waals surface area contributed by atoms with Crippen LogP contribution in [0.5, 0.6) is 5.75 Å². The number of halogens is 1. The number of rotatable bonds is 5. The molecule has 0 aliphatic heterocycles. The number of aromatic carboxylic acids is 1. The Kier molecular flexibility index (Phi) is 5.03. The molecule has 1 N–H and O–H groups in total. The van der Waals surface area contributed by atoms with Crippen LogP contribution in [0.1, 0.15) is 10.4 Å². The molecular weight excluding hydrogens is 377 g/mol. The summed E-state index contributed by atoms with van der Waals surface area (Å²) in [6.45, 7) is 0. The van der Waals surface area contributed by atoms with E-state index in [1.807, 2.05) is 0 Å². The van der Waals surface area contributed by atoms with Crippen molar-refractivity contribution < 1.29 is 19.6 Å². The normalized spacial score (nSPS) is 10.3. The topological polar surface area (TPSA) is 89.7 Å². The van der Waals surface area contributed by atoms with Crippen LogP contribution in [0, 0.1) is 10.1 Å². The molecule has 0 bridgehead atoms. The second-order valence-corrected chi connectivity index (χ2v) is 6.85. The Morgan fingerprint density at radius 2 is 2.00 bits per heavy atom. The van der Waals surface area contributed by atoms with Gasteiger partial charge in [0.2, 0.25) is 0 Å². The fourth-order valence-electron chi connectivity index (χ4n) is 1.73. The van der Waals surface area contributed by atoms with Crippen LogP contribution in [-0.4, -0.2) is 38.1 Å². The molecule has 0 saturated carbocycles. The summed E-state index contributed by atoms with van der Waals surface area (Å²) in [4.78, 5) is 21.9. The van der Waals surface area contributed by atoms with Crippen LogP contribution in [0.2, 0.25) is 5.02 Å². The molecule has 0 heterocycles. The molecule has 2 aromatic carbocycles. The molecule has 0 fully saturated rings. The van der Waals surface area contributed by atoms with E-state index in [1.165, 1.54) is 31.4 Å². The number of hydrogen-bond acceptors (Lipinski definition) is 4. The van der Waals surface area contributed by atoms with Crippen LogP contribution in [0.15, 0.2) is 36.4 Å². The molecule has 0 atom stereocenters. The Balaban J connectivity index is 2.49. The van der Waals surface area contributed by atoms with Crippen molar-refractivity contribution in [2.45, 2.75) is 0 Å². The summed E-state index contributed by atoms with van der Waals surface area (Å²) < 4.78 is 5.93. The SMILES string of the molecule is COc1ccc([Se]c2cc(Cl)ccc2[N+](=O)[O-])c(C(=O)O)c1. The number of carboxylic acids is 1. The number of methoxy groups -OCH3 is 1. The number of benzene rings is 2. The molecule has 6 nitrogen and oxygen atoms in total. The van der Waals surface area contributed by atoms with Gasteiger partial charge in [0, 0.05) is 0 Å². The van der Waals surface area contributed by atoms with E-state index in [1.54, 1.807) is 12.1 Å². The molecule has 2 rings (SSSR count). The second-order valence-electron chi connectivity index (χ2n) is 4.14. The van der Waals surface area contributed by atoms with E-state index in [4.69, 9.17) is 16.3 Å². The zero-order chi connectivity index (χ0) is 16.3. The van der Waals surface area contributed by atoms with Crippen molar-refractivity contribution in [1.82, 2.24) is 0 Å². The standard InChI is InChI=1S/C14H10ClNO5Se/c1-21-9-3-5-12(10(7-9)14(17)18)22-13-6-8(15)2-4-11(13)16(19)20/h2-7H,1H3,(H,17,18). The number of hydrogen-bond donors (Lipinski definition) is 1. The quantitative estimate of drug-likeness (QED) is 0.479. The van der Waals surface area contributed by atoms with E-state index in [0.29, 0.717) is 19.7 Å². The Morgan fingerprint density at radius 1 is 1.27 bits per heavy atom. The van der Waals surface area contributed by atoms with Crippen molar-refractivity contribution >= 4 is 47.1 Å².